The molecule has 2 aromatic rings. The number of aromatic nitrogens is 2. The van der Waals surface area contributed by atoms with Crippen LogP contribution >= 0.6 is 0 Å². The number of aryl methyl sites for hydroxylation is 1. The third-order valence-electron chi connectivity index (χ3n) is 3.22. The normalized spacial score (nSPS) is 10.9. The van der Waals surface area contributed by atoms with Gasteiger partial charge in [0.2, 0.25) is 0 Å². The van der Waals surface area contributed by atoms with Crippen LogP contribution in [0.5, 0.6) is 5.75 Å². The fourth-order valence-electron chi connectivity index (χ4n) is 1.95. The summed E-state index contributed by atoms with van der Waals surface area (Å²) < 4.78 is 5.64. The minimum Gasteiger partial charge on any atom is -0.494 e. The van der Waals surface area contributed by atoms with Gasteiger partial charge in [0.1, 0.15) is 5.75 Å². The van der Waals surface area contributed by atoms with Crippen molar-refractivity contribution in [3.63, 3.8) is 0 Å². The van der Waals surface area contributed by atoms with E-state index < -0.39 is 0 Å². The van der Waals surface area contributed by atoms with Crippen LogP contribution in [-0.4, -0.2) is 28.9 Å². The number of amides is 1. The van der Waals surface area contributed by atoms with Gasteiger partial charge < -0.3 is 4.74 Å². The Balaban J connectivity index is 1.79. The number of benzene rings is 1. The number of hydrogen-bond acceptors (Lipinski definition) is 4. The van der Waals surface area contributed by atoms with Gasteiger partial charge in [-0.2, -0.15) is 10.2 Å². The molecule has 1 amide bonds. The zero-order chi connectivity index (χ0) is 16.5. The molecule has 0 atom stereocenters. The van der Waals surface area contributed by atoms with Crippen molar-refractivity contribution in [1.29, 1.82) is 0 Å². The highest BCUT2D eigenvalue weighted by atomic mass is 16.5. The second-order valence-electron chi connectivity index (χ2n) is 5.26. The Morgan fingerprint density at radius 3 is 2.78 bits per heavy atom. The Morgan fingerprint density at radius 1 is 1.35 bits per heavy atom. The van der Waals surface area contributed by atoms with Crippen LogP contribution in [0, 0.1) is 6.92 Å². The van der Waals surface area contributed by atoms with Crippen LogP contribution in [-0.2, 0) is 0 Å². The number of hydrogen-bond donors (Lipinski definition) is 2. The third-order valence-corrected chi connectivity index (χ3v) is 3.22. The van der Waals surface area contributed by atoms with E-state index in [1.807, 2.05) is 31.2 Å². The second-order valence-corrected chi connectivity index (χ2v) is 5.26. The summed E-state index contributed by atoms with van der Waals surface area (Å²) in [6, 6.07) is 9.24. The lowest BCUT2D eigenvalue weighted by Gasteiger charge is -2.05. The molecule has 0 bridgehead atoms. The Hall–Kier alpha value is -2.63. The number of carbonyl (C=O) groups is 1. The molecular weight excluding hydrogens is 292 g/mol. The molecule has 1 aromatic carbocycles. The molecule has 1 heterocycles. The van der Waals surface area contributed by atoms with Crippen LogP contribution in [0.1, 0.15) is 47.9 Å². The number of aromatic amines is 1. The number of carbonyl (C=O) groups excluding carboxylic acids is 1. The predicted octanol–water partition coefficient (Wildman–Crippen LogP) is 3.05. The second kappa shape index (κ2) is 8.73. The van der Waals surface area contributed by atoms with Crippen LogP contribution in [0.4, 0.5) is 0 Å². The molecule has 0 radical (unpaired) electrons. The molecule has 122 valence electrons. The van der Waals surface area contributed by atoms with E-state index in [0.717, 1.165) is 30.0 Å². The smallest absolute Gasteiger partial charge is 0.291 e. The van der Waals surface area contributed by atoms with Gasteiger partial charge in [0, 0.05) is 5.69 Å². The zero-order valence-corrected chi connectivity index (χ0v) is 13.5. The number of nitrogens with zero attached hydrogens (tertiary/aromatic N) is 2. The maximum atomic E-state index is 11.7. The van der Waals surface area contributed by atoms with E-state index in [4.69, 9.17) is 4.74 Å². The van der Waals surface area contributed by atoms with E-state index >= 15 is 0 Å². The van der Waals surface area contributed by atoms with Crippen LogP contribution < -0.4 is 10.2 Å². The maximum Gasteiger partial charge on any atom is 0.291 e. The van der Waals surface area contributed by atoms with Gasteiger partial charge in [0.05, 0.1) is 12.8 Å². The fraction of sp³-hybridized carbons (Fsp3) is 0.353. The average Bonchev–Trinajstić information content (AvgIpc) is 2.99. The lowest BCUT2D eigenvalue weighted by Crippen LogP contribution is -2.17. The lowest BCUT2D eigenvalue weighted by atomic mass is 10.2. The number of ether oxygens (including phenoxy) is 1. The van der Waals surface area contributed by atoms with E-state index in [2.05, 4.69) is 27.6 Å². The average molecular weight is 314 g/mol. The van der Waals surface area contributed by atoms with E-state index in [1.54, 1.807) is 12.3 Å². The van der Waals surface area contributed by atoms with Crippen LogP contribution in [0.15, 0.2) is 35.4 Å². The van der Waals surface area contributed by atoms with Crippen LogP contribution in [0.2, 0.25) is 0 Å². The summed E-state index contributed by atoms with van der Waals surface area (Å²) >= 11 is 0. The van der Waals surface area contributed by atoms with Crippen LogP contribution in [0.25, 0.3) is 0 Å². The van der Waals surface area contributed by atoms with Crippen molar-refractivity contribution < 1.29 is 9.53 Å². The molecule has 0 spiro atoms. The summed E-state index contributed by atoms with van der Waals surface area (Å²) in [6.07, 6.45) is 5.01. The zero-order valence-electron chi connectivity index (χ0n) is 13.5. The summed E-state index contributed by atoms with van der Waals surface area (Å²) in [7, 11) is 0. The molecule has 0 fully saturated rings. The molecule has 0 aliphatic carbocycles. The lowest BCUT2D eigenvalue weighted by molar-refractivity contribution is 0.0950. The molecular formula is C17H22N4O2. The molecule has 0 aliphatic heterocycles. The van der Waals surface area contributed by atoms with Gasteiger partial charge >= 0.3 is 0 Å². The number of unbranched alkanes of at least 4 members (excludes halogenated alkanes) is 2. The van der Waals surface area contributed by atoms with Crippen LogP contribution in [0.3, 0.4) is 0 Å². The quantitative estimate of drug-likeness (QED) is 0.446. The van der Waals surface area contributed by atoms with Crippen molar-refractivity contribution in [3.8, 4) is 5.75 Å². The van der Waals surface area contributed by atoms with Crippen molar-refractivity contribution in [2.45, 2.75) is 33.1 Å². The van der Waals surface area contributed by atoms with E-state index in [0.29, 0.717) is 5.69 Å². The monoisotopic (exact) mass is 314 g/mol. The van der Waals surface area contributed by atoms with Crippen molar-refractivity contribution in [1.82, 2.24) is 15.6 Å². The van der Waals surface area contributed by atoms with Gasteiger partial charge in [-0.05, 0) is 49.2 Å². The van der Waals surface area contributed by atoms with Gasteiger partial charge in [-0.3, -0.25) is 9.89 Å². The summed E-state index contributed by atoms with van der Waals surface area (Å²) in [5.41, 5.74) is 4.46. The summed E-state index contributed by atoms with van der Waals surface area (Å²) in [4.78, 5) is 11.7. The van der Waals surface area contributed by atoms with Gasteiger partial charge in [-0.25, -0.2) is 5.43 Å². The number of H-pyrrole nitrogens is 1. The van der Waals surface area contributed by atoms with Gasteiger partial charge in [-0.15, -0.1) is 0 Å². The number of nitrogens with one attached hydrogen (secondary N) is 2. The highest BCUT2D eigenvalue weighted by Gasteiger charge is 2.07. The number of rotatable bonds is 8. The first-order chi connectivity index (χ1) is 11.2. The third kappa shape index (κ3) is 5.58. The van der Waals surface area contributed by atoms with Gasteiger partial charge in [0.15, 0.2) is 5.69 Å². The Bertz CT molecular complexity index is 647. The topological polar surface area (TPSA) is 79.4 Å². The van der Waals surface area contributed by atoms with Crippen molar-refractivity contribution in [2.75, 3.05) is 6.61 Å². The molecule has 1 aromatic heterocycles. The molecule has 6 nitrogen and oxygen atoms in total. The van der Waals surface area contributed by atoms with E-state index in [-0.39, 0.29) is 5.91 Å². The predicted molar refractivity (Wildman–Crippen MR) is 89.8 cm³/mol. The maximum absolute atomic E-state index is 11.7. The first kappa shape index (κ1) is 16.7. The molecule has 2 N–H and O–H groups in total. The molecule has 0 unspecified atom stereocenters. The van der Waals surface area contributed by atoms with Crippen molar-refractivity contribution in [2.24, 2.45) is 5.10 Å². The molecule has 23 heavy (non-hydrogen) atoms. The minimum absolute atomic E-state index is 0.315. The van der Waals surface area contributed by atoms with Crippen molar-refractivity contribution in [3.05, 3.63) is 47.3 Å². The molecule has 0 saturated carbocycles. The van der Waals surface area contributed by atoms with Gasteiger partial charge in [-0.1, -0.05) is 19.8 Å². The Morgan fingerprint density at radius 2 is 2.13 bits per heavy atom. The fourth-order valence-corrected chi connectivity index (χ4v) is 1.95. The Kier molecular flexibility index (Phi) is 6.35. The molecule has 0 saturated heterocycles. The van der Waals surface area contributed by atoms with E-state index in [9.17, 15) is 4.79 Å². The summed E-state index contributed by atoms with van der Waals surface area (Å²) in [5.74, 6) is 0.496. The highest BCUT2D eigenvalue weighted by molar-refractivity contribution is 5.93. The van der Waals surface area contributed by atoms with E-state index in [1.165, 1.54) is 12.8 Å². The summed E-state index contributed by atoms with van der Waals surface area (Å²) in [6.45, 7) is 4.74. The molecule has 2 rings (SSSR count). The molecule has 0 aliphatic rings. The largest absolute Gasteiger partial charge is 0.494 e. The Labute approximate surface area is 135 Å². The first-order valence-electron chi connectivity index (χ1n) is 7.77. The minimum atomic E-state index is -0.346. The SMILES string of the molecule is CCCCCOc1ccc(C=NNC(=O)c2cc(C)[nH]n2)cc1. The first-order valence-corrected chi connectivity index (χ1v) is 7.77. The molecule has 6 heteroatoms. The highest BCUT2D eigenvalue weighted by Crippen LogP contribution is 2.11. The number of hydrazone groups is 1. The van der Waals surface area contributed by atoms with Crippen molar-refractivity contribution >= 4 is 12.1 Å². The summed E-state index contributed by atoms with van der Waals surface area (Å²) in [5, 5.41) is 10.5. The standard InChI is InChI=1S/C17H22N4O2/c1-3-4-5-10-23-15-8-6-14(7-9-15)12-18-21-17(22)16-11-13(2)19-20-16/h6-9,11-12H,3-5,10H2,1-2H3,(H,19,20)(H,21,22). The van der Waals surface area contributed by atoms with Gasteiger partial charge in [0.25, 0.3) is 5.91 Å².